The molecular weight excluding hydrogens is 350 g/mol. The molecule has 1 amide bonds. The maximum Gasteiger partial charge on any atom is 0.336 e. The van der Waals surface area contributed by atoms with Gasteiger partial charge in [0.05, 0.1) is 12.5 Å². The third-order valence-electron chi connectivity index (χ3n) is 3.89. The highest BCUT2D eigenvalue weighted by Gasteiger charge is 2.15. The average molecular weight is 366 g/mol. The van der Waals surface area contributed by atoms with Gasteiger partial charge in [0, 0.05) is 17.5 Å². The summed E-state index contributed by atoms with van der Waals surface area (Å²) < 4.78 is 10.8. The van der Waals surface area contributed by atoms with Crippen LogP contribution in [-0.4, -0.2) is 24.5 Å². The number of carboxylic acid groups (broad SMARTS) is 1. The molecule has 27 heavy (non-hydrogen) atoms. The number of benzene rings is 2. The van der Waals surface area contributed by atoms with Crippen molar-refractivity contribution in [1.82, 2.24) is 5.32 Å². The third kappa shape index (κ3) is 4.33. The van der Waals surface area contributed by atoms with Gasteiger partial charge in [-0.1, -0.05) is 30.3 Å². The fourth-order valence-electron chi connectivity index (χ4n) is 2.63. The van der Waals surface area contributed by atoms with Crippen LogP contribution in [0.15, 0.2) is 63.8 Å². The smallest absolute Gasteiger partial charge is 0.336 e. The Labute approximate surface area is 154 Å². The number of nitrogens with one attached hydrogen (secondary N) is 1. The number of aliphatic carboxylic acids is 1. The molecule has 0 bridgehead atoms. The van der Waals surface area contributed by atoms with Crippen molar-refractivity contribution in [2.24, 2.45) is 0 Å². The quantitative estimate of drug-likeness (QED) is 0.654. The molecule has 3 aromatic rings. The van der Waals surface area contributed by atoms with Crippen molar-refractivity contribution in [2.45, 2.75) is 13.0 Å². The second-order valence-corrected chi connectivity index (χ2v) is 5.85. The molecule has 7 heteroatoms. The van der Waals surface area contributed by atoms with Crippen LogP contribution in [0.2, 0.25) is 0 Å². The van der Waals surface area contributed by atoms with Crippen LogP contribution < -0.4 is 20.8 Å². The lowest BCUT2D eigenvalue weighted by atomic mass is 10.0. The van der Waals surface area contributed by atoms with Crippen LogP contribution in [0.5, 0.6) is 5.75 Å². The molecule has 0 radical (unpaired) electrons. The van der Waals surface area contributed by atoms with E-state index in [2.05, 4.69) is 5.32 Å². The average Bonchev–Trinajstić information content (AvgIpc) is 2.65. The fraction of sp³-hybridized carbons (Fsp3) is 0.150. The van der Waals surface area contributed by atoms with Crippen LogP contribution in [0.25, 0.3) is 22.1 Å². The van der Waals surface area contributed by atoms with E-state index in [1.54, 1.807) is 12.1 Å². The monoisotopic (exact) mass is 366 g/mol. The molecule has 0 aliphatic rings. The summed E-state index contributed by atoms with van der Waals surface area (Å²) in [7, 11) is 0. The Morgan fingerprint density at radius 2 is 1.89 bits per heavy atom. The maximum atomic E-state index is 11.9. The van der Waals surface area contributed by atoms with Gasteiger partial charge in [0.1, 0.15) is 11.3 Å². The lowest BCUT2D eigenvalue weighted by Crippen LogP contribution is -2.43. The van der Waals surface area contributed by atoms with Crippen molar-refractivity contribution in [1.29, 1.82) is 0 Å². The number of hydrogen-bond donors (Lipinski definition) is 1. The molecule has 3 rings (SSSR count). The molecule has 0 spiro atoms. The van der Waals surface area contributed by atoms with Gasteiger partial charge in [-0.25, -0.2) is 4.79 Å². The van der Waals surface area contributed by atoms with Crippen LogP contribution in [-0.2, 0) is 9.59 Å². The maximum absolute atomic E-state index is 11.9. The van der Waals surface area contributed by atoms with E-state index in [0.717, 1.165) is 16.5 Å². The van der Waals surface area contributed by atoms with Crippen LogP contribution in [0.3, 0.4) is 0 Å². The van der Waals surface area contributed by atoms with Crippen LogP contribution in [0.1, 0.15) is 6.92 Å². The van der Waals surface area contributed by atoms with E-state index < -0.39 is 30.2 Å². The van der Waals surface area contributed by atoms with Crippen molar-refractivity contribution >= 4 is 22.8 Å². The van der Waals surface area contributed by atoms with Gasteiger partial charge in [-0.15, -0.1) is 0 Å². The third-order valence-corrected chi connectivity index (χ3v) is 3.89. The zero-order valence-electron chi connectivity index (χ0n) is 14.4. The van der Waals surface area contributed by atoms with E-state index in [-0.39, 0.29) is 0 Å². The predicted octanol–water partition coefficient (Wildman–Crippen LogP) is 1.09. The largest absolute Gasteiger partial charge is 0.548 e. The fourth-order valence-corrected chi connectivity index (χ4v) is 2.63. The number of ether oxygens (including phenoxy) is 1. The summed E-state index contributed by atoms with van der Waals surface area (Å²) in [5, 5.41) is 13.3. The Balaban J connectivity index is 1.89. The van der Waals surface area contributed by atoms with Crippen molar-refractivity contribution < 1.29 is 23.8 Å². The van der Waals surface area contributed by atoms with Crippen LogP contribution in [0, 0.1) is 0 Å². The molecule has 0 saturated carbocycles. The molecule has 0 unspecified atom stereocenters. The predicted molar refractivity (Wildman–Crippen MR) is 96.0 cm³/mol. The first-order valence-electron chi connectivity index (χ1n) is 8.21. The normalized spacial score (nSPS) is 11.7. The highest BCUT2D eigenvalue weighted by Crippen LogP contribution is 2.29. The van der Waals surface area contributed by atoms with Crippen LogP contribution >= 0.6 is 0 Å². The molecule has 0 aliphatic heterocycles. The van der Waals surface area contributed by atoms with Gasteiger partial charge in [-0.05, 0) is 30.2 Å². The Morgan fingerprint density at radius 1 is 1.15 bits per heavy atom. The Bertz CT molecular complexity index is 1040. The molecule has 1 aromatic heterocycles. The number of carbonyl (C=O) groups is 2. The molecule has 7 nitrogen and oxygen atoms in total. The zero-order valence-corrected chi connectivity index (χ0v) is 14.4. The molecule has 0 aliphatic carbocycles. The highest BCUT2D eigenvalue weighted by atomic mass is 16.5. The number of carboxylic acids is 1. The first-order chi connectivity index (χ1) is 12.9. The van der Waals surface area contributed by atoms with E-state index in [9.17, 15) is 19.5 Å². The zero-order chi connectivity index (χ0) is 19.4. The minimum atomic E-state index is -1.39. The van der Waals surface area contributed by atoms with Gasteiger partial charge in [0.2, 0.25) is 0 Å². The molecule has 0 saturated heterocycles. The highest BCUT2D eigenvalue weighted by molar-refractivity contribution is 5.93. The molecule has 1 heterocycles. The van der Waals surface area contributed by atoms with Crippen molar-refractivity contribution in [2.75, 3.05) is 6.54 Å². The van der Waals surface area contributed by atoms with Crippen molar-refractivity contribution in [3.8, 4) is 16.9 Å². The molecule has 138 valence electrons. The molecule has 0 fully saturated rings. The van der Waals surface area contributed by atoms with Crippen molar-refractivity contribution in [3.63, 3.8) is 0 Å². The standard InChI is InChI=1S/C20H17NO6/c1-12(20(25)21-11-18(22)23)26-14-7-8-15-16(13-5-3-2-4-6-13)10-19(24)27-17(15)9-14/h2-10,12H,11H2,1H3,(H,21,25)(H,22,23)/p-1/t12-/m1/s1. The molecule has 1 atom stereocenters. The minimum absolute atomic E-state index is 0.312. The van der Waals surface area contributed by atoms with Gasteiger partial charge in [-0.3, -0.25) is 4.79 Å². The molecule has 1 N–H and O–H groups in total. The van der Waals surface area contributed by atoms with Crippen LogP contribution in [0.4, 0.5) is 0 Å². The minimum Gasteiger partial charge on any atom is -0.548 e. The number of hydrogen-bond acceptors (Lipinski definition) is 6. The molecule has 2 aromatic carbocycles. The number of rotatable bonds is 6. The Kier molecular flexibility index (Phi) is 5.21. The van der Waals surface area contributed by atoms with Gasteiger partial charge in [0.25, 0.3) is 5.91 Å². The lowest BCUT2D eigenvalue weighted by Gasteiger charge is -2.15. The van der Waals surface area contributed by atoms with E-state index in [1.807, 2.05) is 30.3 Å². The van der Waals surface area contributed by atoms with Gasteiger partial charge >= 0.3 is 5.63 Å². The van der Waals surface area contributed by atoms with Gasteiger partial charge in [0.15, 0.2) is 6.10 Å². The number of fused-ring (bicyclic) bond motifs is 1. The lowest BCUT2D eigenvalue weighted by molar-refractivity contribution is -0.304. The summed E-state index contributed by atoms with van der Waals surface area (Å²) in [5.74, 6) is -1.68. The summed E-state index contributed by atoms with van der Waals surface area (Å²) in [6, 6.07) is 15.7. The second-order valence-electron chi connectivity index (χ2n) is 5.85. The first kappa shape index (κ1) is 18.2. The summed E-state index contributed by atoms with van der Waals surface area (Å²) in [5.41, 5.74) is 1.42. The first-order valence-corrected chi connectivity index (χ1v) is 8.21. The number of amides is 1. The van der Waals surface area contributed by atoms with Crippen molar-refractivity contribution in [3.05, 3.63) is 65.0 Å². The number of carbonyl (C=O) groups excluding carboxylic acids is 2. The SMILES string of the molecule is C[C@@H](Oc1ccc2c(-c3ccccc3)cc(=O)oc2c1)C(=O)NCC(=O)[O-]. The van der Waals surface area contributed by atoms with E-state index in [0.29, 0.717) is 11.3 Å². The van der Waals surface area contributed by atoms with Gasteiger partial charge < -0.3 is 24.4 Å². The van der Waals surface area contributed by atoms with E-state index in [4.69, 9.17) is 9.15 Å². The topological polar surface area (TPSA) is 109 Å². The van der Waals surface area contributed by atoms with E-state index >= 15 is 0 Å². The summed E-state index contributed by atoms with van der Waals surface area (Å²) in [4.78, 5) is 34.1. The Hall–Kier alpha value is -3.61. The summed E-state index contributed by atoms with van der Waals surface area (Å²) >= 11 is 0. The van der Waals surface area contributed by atoms with E-state index in [1.165, 1.54) is 19.1 Å². The molecular formula is C20H16NO6-. The Morgan fingerprint density at radius 3 is 2.59 bits per heavy atom. The second kappa shape index (κ2) is 7.74. The summed E-state index contributed by atoms with van der Waals surface area (Å²) in [6.07, 6.45) is -0.939. The van der Waals surface area contributed by atoms with Gasteiger partial charge in [-0.2, -0.15) is 0 Å². The summed E-state index contributed by atoms with van der Waals surface area (Å²) in [6.45, 7) is 0.880.